The summed E-state index contributed by atoms with van der Waals surface area (Å²) in [6.07, 6.45) is 0.203. The van der Waals surface area contributed by atoms with E-state index in [1.165, 1.54) is 17.0 Å². The number of phenols is 1. The van der Waals surface area contributed by atoms with Crippen LogP contribution in [0, 0.1) is 11.3 Å². The minimum absolute atomic E-state index is 0.154. The van der Waals surface area contributed by atoms with Gasteiger partial charge in [0.1, 0.15) is 5.75 Å². The Balaban J connectivity index is 2.37. The Morgan fingerprint density at radius 3 is 2.57 bits per heavy atom. The summed E-state index contributed by atoms with van der Waals surface area (Å²) in [5.74, 6) is -0.545. The molecule has 0 spiro atoms. The number of hydrogen-bond donors (Lipinski definition) is 1. The Morgan fingerprint density at radius 1 is 1.24 bits per heavy atom. The Labute approximate surface area is 127 Å². The molecule has 0 aliphatic rings. The average Bonchev–Trinajstić information content (AvgIpc) is 2.48. The van der Waals surface area contributed by atoms with Crippen molar-refractivity contribution in [3.8, 4) is 11.8 Å². The van der Waals surface area contributed by atoms with Crippen LogP contribution in [0.15, 0.2) is 48.5 Å². The van der Waals surface area contributed by atoms with E-state index in [1.807, 2.05) is 24.3 Å². The maximum absolute atomic E-state index is 12.6. The lowest BCUT2D eigenvalue weighted by Gasteiger charge is -2.22. The zero-order chi connectivity index (χ0) is 15.2. The van der Waals surface area contributed by atoms with Crippen LogP contribution in [0.2, 0.25) is 5.02 Å². The zero-order valence-corrected chi connectivity index (χ0v) is 11.9. The molecule has 1 amide bonds. The van der Waals surface area contributed by atoms with Crippen LogP contribution < -0.4 is 4.90 Å². The summed E-state index contributed by atoms with van der Waals surface area (Å²) in [5.41, 5.74) is 0.827. The van der Waals surface area contributed by atoms with Crippen LogP contribution in [0.25, 0.3) is 0 Å². The summed E-state index contributed by atoms with van der Waals surface area (Å²) >= 11 is 5.77. The van der Waals surface area contributed by atoms with Crippen molar-refractivity contribution < 1.29 is 9.90 Å². The number of phenolic OH excluding ortho intramolecular Hbond substituents is 1. The second-order valence-corrected chi connectivity index (χ2v) is 4.80. The van der Waals surface area contributed by atoms with Gasteiger partial charge in [-0.15, -0.1) is 0 Å². The number of carbonyl (C=O) groups excluding carboxylic acids is 1. The fourth-order valence-electron chi connectivity index (χ4n) is 1.95. The molecular formula is C16H13ClN2O2. The first-order valence-corrected chi connectivity index (χ1v) is 6.73. The minimum atomic E-state index is -0.370. The van der Waals surface area contributed by atoms with Gasteiger partial charge >= 0.3 is 0 Å². The fourth-order valence-corrected chi connectivity index (χ4v) is 2.12. The van der Waals surface area contributed by atoms with Crippen molar-refractivity contribution in [2.24, 2.45) is 0 Å². The summed E-state index contributed by atoms with van der Waals surface area (Å²) in [6.45, 7) is 0.251. The third-order valence-corrected chi connectivity index (χ3v) is 3.19. The van der Waals surface area contributed by atoms with E-state index in [4.69, 9.17) is 16.9 Å². The lowest BCUT2D eigenvalue weighted by Crippen LogP contribution is -2.31. The molecule has 0 fully saturated rings. The molecule has 5 heteroatoms. The highest BCUT2D eigenvalue weighted by Crippen LogP contribution is 2.25. The van der Waals surface area contributed by atoms with Gasteiger partial charge in [0.25, 0.3) is 5.91 Å². The lowest BCUT2D eigenvalue weighted by molar-refractivity contribution is 0.0985. The fraction of sp³-hybridized carbons (Fsp3) is 0.125. The van der Waals surface area contributed by atoms with Gasteiger partial charge in [-0.3, -0.25) is 4.79 Å². The van der Waals surface area contributed by atoms with Crippen molar-refractivity contribution in [2.75, 3.05) is 11.4 Å². The summed E-state index contributed by atoms with van der Waals surface area (Å²) in [4.78, 5) is 14.1. The number of carbonyl (C=O) groups is 1. The second-order valence-electron chi connectivity index (χ2n) is 4.36. The van der Waals surface area contributed by atoms with E-state index in [0.717, 1.165) is 0 Å². The van der Waals surface area contributed by atoms with Gasteiger partial charge in [0.15, 0.2) is 0 Å². The van der Waals surface area contributed by atoms with E-state index in [9.17, 15) is 9.90 Å². The highest BCUT2D eigenvalue weighted by atomic mass is 35.5. The van der Waals surface area contributed by atoms with Crippen molar-refractivity contribution in [1.29, 1.82) is 5.26 Å². The summed E-state index contributed by atoms with van der Waals surface area (Å²) < 4.78 is 0. The van der Waals surface area contributed by atoms with Crippen LogP contribution in [-0.4, -0.2) is 17.6 Å². The van der Waals surface area contributed by atoms with E-state index in [-0.39, 0.29) is 30.2 Å². The van der Waals surface area contributed by atoms with Gasteiger partial charge < -0.3 is 10.0 Å². The second kappa shape index (κ2) is 6.78. The van der Waals surface area contributed by atoms with Gasteiger partial charge in [0, 0.05) is 17.3 Å². The first-order valence-electron chi connectivity index (χ1n) is 6.36. The first-order chi connectivity index (χ1) is 10.1. The van der Waals surface area contributed by atoms with E-state index in [2.05, 4.69) is 0 Å². The molecule has 0 aliphatic carbocycles. The summed E-state index contributed by atoms with van der Waals surface area (Å²) in [6, 6.07) is 15.4. The Bertz CT molecular complexity index is 680. The SMILES string of the molecule is N#CCCN(C(=O)c1ccc(Cl)cc1O)c1ccccc1. The molecule has 4 nitrogen and oxygen atoms in total. The molecular weight excluding hydrogens is 288 g/mol. The van der Waals surface area contributed by atoms with Gasteiger partial charge in [0.05, 0.1) is 18.1 Å². The Morgan fingerprint density at radius 2 is 1.95 bits per heavy atom. The zero-order valence-electron chi connectivity index (χ0n) is 11.2. The third kappa shape index (κ3) is 3.53. The number of hydrogen-bond acceptors (Lipinski definition) is 3. The molecule has 2 aromatic carbocycles. The molecule has 0 aromatic heterocycles. The molecule has 2 aromatic rings. The van der Waals surface area contributed by atoms with Crippen molar-refractivity contribution in [3.05, 3.63) is 59.1 Å². The number of nitriles is 1. The molecule has 0 heterocycles. The highest BCUT2D eigenvalue weighted by molar-refractivity contribution is 6.31. The molecule has 0 unspecified atom stereocenters. The quantitative estimate of drug-likeness (QED) is 0.938. The molecule has 1 N–H and O–H groups in total. The van der Waals surface area contributed by atoms with Crippen LogP contribution in [0.4, 0.5) is 5.69 Å². The molecule has 0 atom stereocenters. The number of aromatic hydroxyl groups is 1. The van der Waals surface area contributed by atoms with Gasteiger partial charge in [0.2, 0.25) is 0 Å². The van der Waals surface area contributed by atoms with Crippen LogP contribution in [0.1, 0.15) is 16.8 Å². The number of rotatable bonds is 4. The van der Waals surface area contributed by atoms with Crippen LogP contribution in [0.5, 0.6) is 5.75 Å². The average molecular weight is 301 g/mol. The van der Waals surface area contributed by atoms with Crippen molar-refractivity contribution in [1.82, 2.24) is 0 Å². The van der Waals surface area contributed by atoms with Gasteiger partial charge in [-0.25, -0.2) is 0 Å². The van der Waals surface area contributed by atoms with Crippen LogP contribution >= 0.6 is 11.6 Å². The van der Waals surface area contributed by atoms with E-state index < -0.39 is 0 Å². The van der Waals surface area contributed by atoms with E-state index >= 15 is 0 Å². The van der Waals surface area contributed by atoms with Crippen molar-refractivity contribution in [2.45, 2.75) is 6.42 Å². The number of nitrogens with zero attached hydrogens (tertiary/aromatic N) is 2. The van der Waals surface area contributed by atoms with Gasteiger partial charge in [-0.05, 0) is 30.3 Å². The molecule has 21 heavy (non-hydrogen) atoms. The first kappa shape index (κ1) is 14.9. The molecule has 0 radical (unpaired) electrons. The number of para-hydroxylation sites is 1. The maximum atomic E-state index is 12.6. The van der Waals surface area contributed by atoms with Crippen LogP contribution in [-0.2, 0) is 0 Å². The maximum Gasteiger partial charge on any atom is 0.262 e. The van der Waals surface area contributed by atoms with Gasteiger partial charge in [-0.1, -0.05) is 29.8 Å². The van der Waals surface area contributed by atoms with Gasteiger partial charge in [-0.2, -0.15) is 5.26 Å². The lowest BCUT2D eigenvalue weighted by atomic mass is 10.1. The smallest absolute Gasteiger partial charge is 0.262 e. The van der Waals surface area contributed by atoms with Crippen LogP contribution in [0.3, 0.4) is 0 Å². The molecule has 0 bridgehead atoms. The Hall–Kier alpha value is -2.51. The number of benzene rings is 2. The molecule has 106 valence electrons. The molecule has 2 rings (SSSR count). The number of amides is 1. The topological polar surface area (TPSA) is 64.3 Å². The Kier molecular flexibility index (Phi) is 4.81. The molecule has 0 saturated heterocycles. The molecule has 0 saturated carbocycles. The monoisotopic (exact) mass is 300 g/mol. The highest BCUT2D eigenvalue weighted by Gasteiger charge is 2.20. The standard InChI is InChI=1S/C16H13ClN2O2/c17-12-7-8-14(15(20)11-12)16(21)19(10-4-9-18)13-5-2-1-3-6-13/h1-3,5-8,11,20H,4,10H2. The largest absolute Gasteiger partial charge is 0.507 e. The molecule has 0 aliphatic heterocycles. The third-order valence-electron chi connectivity index (χ3n) is 2.95. The number of anilines is 1. The summed E-state index contributed by atoms with van der Waals surface area (Å²) in [5, 5.41) is 19.0. The predicted octanol–water partition coefficient (Wildman–Crippen LogP) is 3.61. The normalized spacial score (nSPS) is 9.90. The summed E-state index contributed by atoms with van der Waals surface area (Å²) in [7, 11) is 0. The number of halogens is 1. The van der Waals surface area contributed by atoms with E-state index in [0.29, 0.717) is 10.7 Å². The minimum Gasteiger partial charge on any atom is -0.507 e. The predicted molar refractivity (Wildman–Crippen MR) is 81.5 cm³/mol. The van der Waals surface area contributed by atoms with Crippen molar-refractivity contribution in [3.63, 3.8) is 0 Å². The van der Waals surface area contributed by atoms with E-state index in [1.54, 1.807) is 18.2 Å². The van der Waals surface area contributed by atoms with Crippen molar-refractivity contribution >= 4 is 23.2 Å².